The number of hydrogen-bond acceptors (Lipinski definition) is 4. The second kappa shape index (κ2) is 8.26. The maximum atomic E-state index is 12.6. The van der Waals surface area contributed by atoms with Gasteiger partial charge in [-0.05, 0) is 54.8 Å². The minimum atomic E-state index is -0.402. The number of fused-ring (bicyclic) bond motifs is 1. The number of amides is 4. The van der Waals surface area contributed by atoms with E-state index in [9.17, 15) is 19.2 Å². The Morgan fingerprint density at radius 2 is 1.52 bits per heavy atom. The second-order valence-corrected chi connectivity index (χ2v) is 7.32. The Morgan fingerprint density at radius 3 is 2.14 bits per heavy atom. The monoisotopic (exact) mass is 393 g/mol. The van der Waals surface area contributed by atoms with Crippen molar-refractivity contribution in [2.24, 2.45) is 5.92 Å². The molecule has 1 heterocycles. The third-order valence-electron chi connectivity index (χ3n) is 4.79. The summed E-state index contributed by atoms with van der Waals surface area (Å²) in [6.45, 7) is 4.42. The molecule has 0 bridgehead atoms. The molecule has 1 aliphatic heterocycles. The number of imide groups is 1. The van der Waals surface area contributed by atoms with E-state index in [1.807, 2.05) is 13.8 Å². The van der Waals surface area contributed by atoms with Gasteiger partial charge in [0.05, 0.1) is 11.1 Å². The largest absolute Gasteiger partial charge is 0.355 e. The van der Waals surface area contributed by atoms with E-state index in [0.717, 1.165) is 6.42 Å². The number of nitrogens with zero attached hydrogens (tertiary/aromatic N) is 1. The third-order valence-corrected chi connectivity index (χ3v) is 4.79. The van der Waals surface area contributed by atoms with Gasteiger partial charge in [0.1, 0.15) is 0 Å². The lowest BCUT2D eigenvalue weighted by molar-refractivity contribution is 0.0647. The zero-order valence-electron chi connectivity index (χ0n) is 16.6. The minimum absolute atomic E-state index is 0.216. The van der Waals surface area contributed by atoms with Crippen LogP contribution in [0.1, 0.15) is 61.7 Å². The highest BCUT2D eigenvalue weighted by atomic mass is 16.2. The number of rotatable bonds is 6. The molecule has 0 aliphatic carbocycles. The Bertz CT molecular complexity index is 980. The summed E-state index contributed by atoms with van der Waals surface area (Å²) in [5, 5.41) is 5.26. The van der Waals surface area contributed by atoms with Crippen LogP contribution in [0.4, 0.5) is 5.69 Å². The fourth-order valence-corrected chi connectivity index (χ4v) is 3.07. The van der Waals surface area contributed by atoms with Gasteiger partial charge in [-0.25, -0.2) is 0 Å². The molecule has 7 heteroatoms. The highest BCUT2D eigenvalue weighted by molar-refractivity contribution is 6.22. The molecular weight excluding hydrogens is 370 g/mol. The van der Waals surface area contributed by atoms with Crippen molar-refractivity contribution in [1.82, 2.24) is 10.2 Å². The number of carbonyl (C=O) groups excluding carboxylic acids is 4. The van der Waals surface area contributed by atoms with Crippen LogP contribution in [0.3, 0.4) is 0 Å². The van der Waals surface area contributed by atoms with E-state index in [-0.39, 0.29) is 28.8 Å². The first-order chi connectivity index (χ1) is 13.8. The summed E-state index contributed by atoms with van der Waals surface area (Å²) in [5.41, 5.74) is 1.86. The molecule has 0 atom stereocenters. The van der Waals surface area contributed by atoms with Crippen molar-refractivity contribution < 1.29 is 19.2 Å². The molecule has 29 heavy (non-hydrogen) atoms. The molecule has 0 saturated carbocycles. The van der Waals surface area contributed by atoms with Gasteiger partial charge >= 0.3 is 0 Å². The SMILES string of the molecule is CNC(=O)c1ccc(NC(=O)c2ccc3c(c2)C(=O)N(CCC(C)C)C3=O)cc1. The van der Waals surface area contributed by atoms with Gasteiger partial charge < -0.3 is 10.6 Å². The molecule has 2 aromatic carbocycles. The average molecular weight is 393 g/mol. The maximum absolute atomic E-state index is 12.6. The molecule has 2 aromatic rings. The van der Waals surface area contributed by atoms with Crippen LogP contribution in [0.5, 0.6) is 0 Å². The minimum Gasteiger partial charge on any atom is -0.355 e. The normalized spacial score (nSPS) is 12.9. The summed E-state index contributed by atoms with van der Waals surface area (Å²) in [6.07, 6.45) is 0.727. The Morgan fingerprint density at radius 1 is 0.897 bits per heavy atom. The first-order valence-electron chi connectivity index (χ1n) is 9.45. The van der Waals surface area contributed by atoms with E-state index in [1.165, 1.54) is 23.1 Å². The summed E-state index contributed by atoms with van der Waals surface area (Å²) in [7, 11) is 1.54. The van der Waals surface area contributed by atoms with Crippen LogP contribution in [0.2, 0.25) is 0 Å². The number of hydrogen-bond donors (Lipinski definition) is 2. The Balaban J connectivity index is 1.75. The smallest absolute Gasteiger partial charge is 0.261 e. The lowest BCUT2D eigenvalue weighted by Gasteiger charge is -2.14. The average Bonchev–Trinajstić information content (AvgIpc) is 2.95. The summed E-state index contributed by atoms with van der Waals surface area (Å²) in [6, 6.07) is 11.0. The molecule has 7 nitrogen and oxygen atoms in total. The molecule has 3 rings (SSSR count). The van der Waals surface area contributed by atoms with E-state index < -0.39 is 5.91 Å². The molecule has 1 aliphatic rings. The summed E-state index contributed by atoms with van der Waals surface area (Å²) >= 11 is 0. The third kappa shape index (κ3) is 4.18. The molecule has 4 amide bonds. The fourth-order valence-electron chi connectivity index (χ4n) is 3.07. The Kier molecular flexibility index (Phi) is 5.77. The quantitative estimate of drug-likeness (QED) is 0.738. The standard InChI is InChI=1S/C22H23N3O4/c1-13(2)10-11-25-21(28)17-9-6-15(12-18(17)22(25)29)20(27)24-16-7-4-14(5-8-16)19(26)23-3/h4-9,12-13H,10-11H2,1-3H3,(H,23,26)(H,24,27). The van der Waals surface area contributed by atoms with Gasteiger partial charge in [0, 0.05) is 30.4 Å². The predicted octanol–water partition coefficient (Wildman–Crippen LogP) is 2.94. The van der Waals surface area contributed by atoms with Crippen molar-refractivity contribution in [2.75, 3.05) is 18.9 Å². The van der Waals surface area contributed by atoms with Crippen LogP contribution in [-0.2, 0) is 0 Å². The zero-order chi connectivity index (χ0) is 21.1. The highest BCUT2D eigenvalue weighted by Gasteiger charge is 2.35. The van der Waals surface area contributed by atoms with Crippen molar-refractivity contribution in [3.8, 4) is 0 Å². The highest BCUT2D eigenvalue weighted by Crippen LogP contribution is 2.25. The van der Waals surface area contributed by atoms with Gasteiger partial charge in [0.2, 0.25) is 0 Å². The molecule has 0 aromatic heterocycles. The van der Waals surface area contributed by atoms with Crippen molar-refractivity contribution in [3.63, 3.8) is 0 Å². The molecule has 0 saturated heterocycles. The first kappa shape index (κ1) is 20.3. The van der Waals surface area contributed by atoms with Gasteiger partial charge in [-0.2, -0.15) is 0 Å². The Labute approximate surface area is 169 Å². The van der Waals surface area contributed by atoms with Crippen molar-refractivity contribution in [1.29, 1.82) is 0 Å². The molecule has 0 unspecified atom stereocenters. The van der Waals surface area contributed by atoms with Crippen LogP contribution >= 0.6 is 0 Å². The lowest BCUT2D eigenvalue weighted by atomic mass is 10.1. The van der Waals surface area contributed by atoms with E-state index in [0.29, 0.717) is 29.3 Å². The lowest BCUT2D eigenvalue weighted by Crippen LogP contribution is -2.31. The predicted molar refractivity (Wildman–Crippen MR) is 109 cm³/mol. The molecule has 0 spiro atoms. The second-order valence-electron chi connectivity index (χ2n) is 7.32. The van der Waals surface area contributed by atoms with Crippen LogP contribution < -0.4 is 10.6 Å². The topological polar surface area (TPSA) is 95.6 Å². The summed E-state index contributed by atoms with van der Waals surface area (Å²) in [5.74, 6) is -0.929. The van der Waals surface area contributed by atoms with Crippen molar-refractivity contribution in [2.45, 2.75) is 20.3 Å². The molecule has 0 radical (unpaired) electrons. The molecule has 0 fully saturated rings. The maximum Gasteiger partial charge on any atom is 0.261 e. The molecule has 150 valence electrons. The molecule has 2 N–H and O–H groups in total. The van der Waals surface area contributed by atoms with Crippen LogP contribution in [-0.4, -0.2) is 42.1 Å². The first-order valence-corrected chi connectivity index (χ1v) is 9.45. The van der Waals surface area contributed by atoms with Gasteiger partial charge in [-0.15, -0.1) is 0 Å². The van der Waals surface area contributed by atoms with Crippen molar-refractivity contribution >= 4 is 29.3 Å². The van der Waals surface area contributed by atoms with E-state index >= 15 is 0 Å². The number of benzene rings is 2. The molecular formula is C22H23N3O4. The fraction of sp³-hybridized carbons (Fsp3) is 0.273. The van der Waals surface area contributed by atoms with Gasteiger partial charge in [0.25, 0.3) is 23.6 Å². The van der Waals surface area contributed by atoms with Crippen molar-refractivity contribution in [3.05, 3.63) is 64.7 Å². The van der Waals surface area contributed by atoms with E-state index in [1.54, 1.807) is 31.3 Å². The van der Waals surface area contributed by atoms with Gasteiger partial charge in [0.15, 0.2) is 0 Å². The number of nitrogens with one attached hydrogen (secondary N) is 2. The van der Waals surface area contributed by atoms with Gasteiger partial charge in [-0.3, -0.25) is 24.1 Å². The zero-order valence-corrected chi connectivity index (χ0v) is 16.6. The summed E-state index contributed by atoms with van der Waals surface area (Å²) < 4.78 is 0. The van der Waals surface area contributed by atoms with Crippen LogP contribution in [0.25, 0.3) is 0 Å². The van der Waals surface area contributed by atoms with Crippen LogP contribution in [0, 0.1) is 5.92 Å². The number of anilines is 1. The van der Waals surface area contributed by atoms with E-state index in [2.05, 4.69) is 10.6 Å². The summed E-state index contributed by atoms with van der Waals surface area (Å²) in [4.78, 5) is 50.5. The van der Waals surface area contributed by atoms with Gasteiger partial charge in [-0.1, -0.05) is 13.8 Å². The Hall–Kier alpha value is -3.48. The van der Waals surface area contributed by atoms with Crippen LogP contribution in [0.15, 0.2) is 42.5 Å². The van der Waals surface area contributed by atoms with E-state index in [4.69, 9.17) is 0 Å². The number of carbonyl (C=O) groups is 4.